The highest BCUT2D eigenvalue weighted by molar-refractivity contribution is 8.93. The summed E-state index contributed by atoms with van der Waals surface area (Å²) in [5.41, 5.74) is -0.705. The number of benzene rings is 1. The van der Waals surface area contributed by atoms with Gasteiger partial charge >= 0.3 is 11.1 Å². The number of H-pyrrole nitrogens is 2. The predicted octanol–water partition coefficient (Wildman–Crippen LogP) is 2.85. The van der Waals surface area contributed by atoms with E-state index in [9.17, 15) is 19.7 Å². The first kappa shape index (κ1) is 19.8. The number of nitro groups is 1. The van der Waals surface area contributed by atoms with Crippen LogP contribution in [0.25, 0.3) is 11.0 Å². The highest BCUT2D eigenvalue weighted by Crippen LogP contribution is 2.22. The van der Waals surface area contributed by atoms with Crippen LogP contribution in [0, 0.1) is 10.1 Å². The van der Waals surface area contributed by atoms with E-state index >= 15 is 0 Å². The Labute approximate surface area is 147 Å². The third-order valence-electron chi connectivity index (χ3n) is 3.44. The van der Waals surface area contributed by atoms with Crippen LogP contribution in [0.4, 0.5) is 5.69 Å². The number of hydrogen-bond donors (Lipinski definition) is 2. The summed E-state index contributed by atoms with van der Waals surface area (Å²) in [7, 11) is 0. The van der Waals surface area contributed by atoms with Gasteiger partial charge in [0.2, 0.25) is 0 Å². The number of nitro benzene ring substituents is 1. The molecule has 0 spiro atoms. The number of aromatic amines is 2. The van der Waals surface area contributed by atoms with Crippen LogP contribution in [-0.2, 0) is 6.54 Å². The van der Waals surface area contributed by atoms with Gasteiger partial charge in [0.05, 0.1) is 22.5 Å². The van der Waals surface area contributed by atoms with Crippen LogP contribution in [0.2, 0.25) is 0 Å². The maximum Gasteiger partial charge on any atom is 0.314 e. The summed E-state index contributed by atoms with van der Waals surface area (Å²) in [6, 6.07) is 2.58. The summed E-state index contributed by atoms with van der Waals surface area (Å²) in [5.74, 6) is 0. The predicted molar refractivity (Wildman–Crippen MR) is 98.5 cm³/mol. The summed E-state index contributed by atoms with van der Waals surface area (Å²) >= 11 is 0. The standard InChI is InChI=1S/C15H18N4O4.BrH/c1-2-3-4-5-6-16-9-10-7-11(19(22)23)8-12-13(10)18-15(21)14(20)17-12;/h6-8H,2-5,9H2,1H3,(H,17,20)(H,18,21);1H. The van der Waals surface area contributed by atoms with Crippen LogP contribution < -0.4 is 11.1 Å². The lowest BCUT2D eigenvalue weighted by Gasteiger charge is -2.04. The molecule has 0 saturated heterocycles. The van der Waals surface area contributed by atoms with Gasteiger partial charge in [0, 0.05) is 17.7 Å². The number of halogens is 1. The average molecular weight is 399 g/mol. The number of rotatable bonds is 7. The Morgan fingerprint density at radius 1 is 1.21 bits per heavy atom. The van der Waals surface area contributed by atoms with E-state index in [0.717, 1.165) is 25.7 Å². The highest BCUT2D eigenvalue weighted by Gasteiger charge is 2.13. The molecule has 0 bridgehead atoms. The molecular weight excluding hydrogens is 380 g/mol. The minimum atomic E-state index is -0.841. The molecule has 0 unspecified atom stereocenters. The zero-order valence-corrected chi connectivity index (χ0v) is 14.9. The molecule has 24 heavy (non-hydrogen) atoms. The number of nitrogens with one attached hydrogen (secondary N) is 2. The van der Waals surface area contributed by atoms with Crippen molar-refractivity contribution in [3.63, 3.8) is 0 Å². The lowest BCUT2D eigenvalue weighted by Crippen LogP contribution is -2.29. The van der Waals surface area contributed by atoms with Gasteiger partial charge in [-0.1, -0.05) is 19.8 Å². The summed E-state index contributed by atoms with van der Waals surface area (Å²) in [6.07, 6.45) is 5.91. The van der Waals surface area contributed by atoms with Crippen LogP contribution >= 0.6 is 17.0 Å². The van der Waals surface area contributed by atoms with Gasteiger partial charge in [-0.25, -0.2) is 0 Å². The lowest BCUT2D eigenvalue weighted by molar-refractivity contribution is -0.384. The molecule has 0 aliphatic rings. The van der Waals surface area contributed by atoms with Gasteiger partial charge in [-0.3, -0.25) is 24.7 Å². The third kappa shape index (κ3) is 4.85. The number of hydrogen-bond acceptors (Lipinski definition) is 5. The zero-order chi connectivity index (χ0) is 16.8. The molecule has 0 saturated carbocycles. The summed E-state index contributed by atoms with van der Waals surface area (Å²) in [4.78, 5) is 42.4. The first-order valence-electron chi connectivity index (χ1n) is 7.45. The Hall–Kier alpha value is -2.29. The number of aromatic nitrogens is 2. The van der Waals surface area contributed by atoms with Crippen molar-refractivity contribution in [2.45, 2.75) is 39.2 Å². The van der Waals surface area contributed by atoms with E-state index in [0.29, 0.717) is 11.1 Å². The number of non-ortho nitro benzene ring substituents is 1. The molecule has 1 heterocycles. The second-order valence-corrected chi connectivity index (χ2v) is 5.21. The lowest BCUT2D eigenvalue weighted by atomic mass is 10.1. The van der Waals surface area contributed by atoms with Crippen LogP contribution in [0.3, 0.4) is 0 Å². The fraction of sp³-hybridized carbons (Fsp3) is 0.400. The van der Waals surface area contributed by atoms with Gasteiger partial charge in [-0.15, -0.1) is 17.0 Å². The Morgan fingerprint density at radius 2 is 1.92 bits per heavy atom. The Bertz CT molecular complexity index is 857. The SMILES string of the molecule is Br.CCCCCC=NCc1cc([N+](=O)[O-])cc2[nH]c(=O)c(=O)[nH]c12. The van der Waals surface area contributed by atoms with Crippen molar-refractivity contribution >= 4 is 39.9 Å². The van der Waals surface area contributed by atoms with E-state index in [2.05, 4.69) is 21.9 Å². The summed E-state index contributed by atoms with van der Waals surface area (Å²) in [5, 5.41) is 11.0. The molecule has 0 radical (unpaired) electrons. The first-order valence-corrected chi connectivity index (χ1v) is 7.45. The quantitative estimate of drug-likeness (QED) is 0.244. The van der Waals surface area contributed by atoms with Gasteiger partial charge in [-0.05, 0) is 19.1 Å². The van der Waals surface area contributed by atoms with Crippen molar-refractivity contribution in [2.24, 2.45) is 4.99 Å². The van der Waals surface area contributed by atoms with Gasteiger partial charge in [0.25, 0.3) is 5.69 Å². The monoisotopic (exact) mass is 398 g/mol. The van der Waals surface area contributed by atoms with Gasteiger partial charge in [-0.2, -0.15) is 0 Å². The molecule has 0 aliphatic carbocycles. The molecule has 1 aromatic carbocycles. The maximum atomic E-state index is 11.5. The fourth-order valence-corrected chi connectivity index (χ4v) is 2.25. The molecule has 1 aromatic heterocycles. The molecule has 0 fully saturated rings. The number of nitrogens with zero attached hydrogens (tertiary/aromatic N) is 2. The molecule has 0 aliphatic heterocycles. The molecule has 8 nitrogen and oxygen atoms in total. The Balaban J connectivity index is 0.00000288. The molecule has 9 heteroatoms. The molecule has 2 rings (SSSR count). The largest absolute Gasteiger partial charge is 0.316 e. The normalized spacial score (nSPS) is 10.9. The summed E-state index contributed by atoms with van der Waals surface area (Å²) < 4.78 is 0. The minimum Gasteiger partial charge on any atom is -0.316 e. The average Bonchev–Trinajstić information content (AvgIpc) is 2.51. The summed E-state index contributed by atoms with van der Waals surface area (Å²) in [6.45, 7) is 2.32. The van der Waals surface area contributed by atoms with Gasteiger partial charge < -0.3 is 9.97 Å². The third-order valence-corrected chi connectivity index (χ3v) is 3.44. The number of fused-ring (bicyclic) bond motifs is 1. The molecular formula is C15H19BrN4O4. The molecule has 0 amide bonds. The Kier molecular flexibility index (Phi) is 7.50. The number of unbranched alkanes of at least 4 members (excludes halogenated alkanes) is 3. The Morgan fingerprint density at radius 3 is 2.58 bits per heavy atom. The fourth-order valence-electron chi connectivity index (χ4n) is 2.25. The second-order valence-electron chi connectivity index (χ2n) is 5.21. The van der Waals surface area contributed by atoms with Crippen LogP contribution in [0.5, 0.6) is 0 Å². The minimum absolute atomic E-state index is 0. The smallest absolute Gasteiger partial charge is 0.314 e. The van der Waals surface area contributed by atoms with Gasteiger partial charge in [0.15, 0.2) is 0 Å². The van der Waals surface area contributed by atoms with E-state index in [1.807, 2.05) is 0 Å². The van der Waals surface area contributed by atoms with Crippen molar-refractivity contribution < 1.29 is 4.92 Å². The van der Waals surface area contributed by atoms with Crippen molar-refractivity contribution in [3.05, 3.63) is 48.5 Å². The molecule has 130 valence electrons. The molecule has 2 N–H and O–H groups in total. The van der Waals surface area contributed by atoms with E-state index in [-0.39, 0.29) is 34.7 Å². The van der Waals surface area contributed by atoms with E-state index in [1.54, 1.807) is 6.21 Å². The van der Waals surface area contributed by atoms with Gasteiger partial charge in [0.1, 0.15) is 0 Å². The van der Waals surface area contributed by atoms with Crippen molar-refractivity contribution in [1.82, 2.24) is 9.97 Å². The van der Waals surface area contributed by atoms with E-state index in [4.69, 9.17) is 0 Å². The molecule has 2 aromatic rings. The zero-order valence-electron chi connectivity index (χ0n) is 13.2. The second kappa shape index (κ2) is 9.11. The van der Waals surface area contributed by atoms with Crippen LogP contribution in [0.15, 0.2) is 26.7 Å². The maximum absolute atomic E-state index is 11.5. The van der Waals surface area contributed by atoms with Crippen LogP contribution in [-0.4, -0.2) is 21.1 Å². The van der Waals surface area contributed by atoms with Crippen molar-refractivity contribution in [1.29, 1.82) is 0 Å². The molecule has 0 atom stereocenters. The van der Waals surface area contributed by atoms with E-state index < -0.39 is 16.0 Å². The topological polar surface area (TPSA) is 121 Å². The highest BCUT2D eigenvalue weighted by atomic mass is 79.9. The first-order chi connectivity index (χ1) is 11.0. The van der Waals surface area contributed by atoms with Crippen molar-refractivity contribution in [3.8, 4) is 0 Å². The van der Waals surface area contributed by atoms with Crippen molar-refractivity contribution in [2.75, 3.05) is 0 Å². The van der Waals surface area contributed by atoms with Crippen LogP contribution in [0.1, 0.15) is 38.2 Å². The van der Waals surface area contributed by atoms with E-state index in [1.165, 1.54) is 12.1 Å². The number of aliphatic imine (C=N–C) groups is 1.